The number of carbonyl (C=O) groups excluding carboxylic acids is 1. The van der Waals surface area contributed by atoms with Crippen molar-refractivity contribution in [3.05, 3.63) is 65.2 Å². The van der Waals surface area contributed by atoms with E-state index in [4.69, 9.17) is 10.6 Å². The van der Waals surface area contributed by atoms with Gasteiger partial charge in [0.05, 0.1) is 19.6 Å². The summed E-state index contributed by atoms with van der Waals surface area (Å²) in [6, 6.07) is 17.0. The summed E-state index contributed by atoms with van der Waals surface area (Å²) < 4.78 is 5.40. The lowest BCUT2D eigenvalue weighted by atomic mass is 10.0. The van der Waals surface area contributed by atoms with Gasteiger partial charge in [0.1, 0.15) is 0 Å². The molecule has 0 spiro atoms. The molecule has 2 aromatic rings. The number of hydrogen-bond donors (Lipinski definition) is 2. The third-order valence-corrected chi connectivity index (χ3v) is 4.56. The molecule has 1 aliphatic heterocycles. The van der Waals surface area contributed by atoms with E-state index in [0.717, 1.165) is 44.7 Å². The van der Waals surface area contributed by atoms with E-state index in [1.807, 2.05) is 12.1 Å². The molecule has 0 bridgehead atoms. The number of hydrazine groups is 1. The van der Waals surface area contributed by atoms with E-state index in [0.29, 0.717) is 6.42 Å². The Balaban J connectivity index is 1.52. The molecule has 0 unspecified atom stereocenters. The zero-order valence-electron chi connectivity index (χ0n) is 14.4. The van der Waals surface area contributed by atoms with Crippen LogP contribution < -0.4 is 16.2 Å². The van der Waals surface area contributed by atoms with Gasteiger partial charge >= 0.3 is 0 Å². The van der Waals surface area contributed by atoms with E-state index >= 15 is 0 Å². The van der Waals surface area contributed by atoms with Crippen molar-refractivity contribution in [2.24, 2.45) is 5.84 Å². The van der Waals surface area contributed by atoms with E-state index in [1.54, 1.807) is 0 Å². The standard InChI is InChI=1S/C20H25N3O2/c21-22-20(24)15-18-5-3-16(4-6-18)1-2-17-7-9-19(10-8-17)23-11-13-25-14-12-23/h3-10H,1-2,11-15,21H2,(H,22,24). The van der Waals surface area contributed by atoms with Crippen molar-refractivity contribution in [1.82, 2.24) is 5.43 Å². The van der Waals surface area contributed by atoms with Crippen LogP contribution in [0, 0.1) is 0 Å². The predicted octanol–water partition coefficient (Wildman–Crippen LogP) is 1.84. The van der Waals surface area contributed by atoms with E-state index in [1.165, 1.54) is 16.8 Å². The molecule has 0 radical (unpaired) electrons. The van der Waals surface area contributed by atoms with Gasteiger partial charge in [0.25, 0.3) is 0 Å². The number of nitrogens with two attached hydrogens (primary N) is 1. The average molecular weight is 339 g/mol. The molecule has 1 amide bonds. The highest BCUT2D eigenvalue weighted by Gasteiger charge is 2.10. The highest BCUT2D eigenvalue weighted by Crippen LogP contribution is 2.18. The van der Waals surface area contributed by atoms with Crippen molar-refractivity contribution in [1.29, 1.82) is 0 Å². The minimum atomic E-state index is -0.173. The van der Waals surface area contributed by atoms with Gasteiger partial charge in [-0.25, -0.2) is 5.84 Å². The Bertz CT molecular complexity index is 677. The van der Waals surface area contributed by atoms with Crippen molar-refractivity contribution in [2.45, 2.75) is 19.3 Å². The molecule has 0 aromatic heterocycles. The van der Waals surface area contributed by atoms with Crippen LogP contribution in [0.2, 0.25) is 0 Å². The first-order valence-corrected chi connectivity index (χ1v) is 8.73. The van der Waals surface area contributed by atoms with Crippen LogP contribution in [-0.4, -0.2) is 32.2 Å². The van der Waals surface area contributed by atoms with Gasteiger partial charge in [-0.1, -0.05) is 36.4 Å². The maximum absolute atomic E-state index is 11.3. The highest BCUT2D eigenvalue weighted by atomic mass is 16.5. The van der Waals surface area contributed by atoms with Gasteiger partial charge in [0.2, 0.25) is 5.91 Å². The van der Waals surface area contributed by atoms with Gasteiger partial charge < -0.3 is 9.64 Å². The minimum Gasteiger partial charge on any atom is -0.378 e. The smallest absolute Gasteiger partial charge is 0.238 e. The molecule has 132 valence electrons. The van der Waals surface area contributed by atoms with Crippen LogP contribution in [0.1, 0.15) is 16.7 Å². The van der Waals surface area contributed by atoms with Crippen molar-refractivity contribution >= 4 is 11.6 Å². The fraction of sp³-hybridized carbons (Fsp3) is 0.350. The fourth-order valence-electron chi connectivity index (χ4n) is 3.04. The number of aryl methyl sites for hydroxylation is 2. The second kappa shape index (κ2) is 8.65. The Labute approximate surface area is 148 Å². The lowest BCUT2D eigenvalue weighted by Gasteiger charge is -2.28. The predicted molar refractivity (Wildman–Crippen MR) is 99.4 cm³/mol. The van der Waals surface area contributed by atoms with Crippen LogP contribution in [0.4, 0.5) is 5.69 Å². The normalized spacial score (nSPS) is 14.4. The number of carbonyl (C=O) groups is 1. The molecule has 3 rings (SSSR count). The van der Waals surface area contributed by atoms with Crippen LogP contribution in [0.15, 0.2) is 48.5 Å². The molecule has 0 atom stereocenters. The van der Waals surface area contributed by atoms with E-state index < -0.39 is 0 Å². The van der Waals surface area contributed by atoms with Crippen LogP contribution in [0.25, 0.3) is 0 Å². The number of benzene rings is 2. The second-order valence-corrected chi connectivity index (χ2v) is 6.33. The van der Waals surface area contributed by atoms with Gasteiger partial charge in [-0.3, -0.25) is 10.2 Å². The summed E-state index contributed by atoms with van der Waals surface area (Å²) >= 11 is 0. The minimum absolute atomic E-state index is 0.173. The largest absolute Gasteiger partial charge is 0.378 e. The Kier molecular flexibility index (Phi) is 6.04. The van der Waals surface area contributed by atoms with Crippen molar-refractivity contribution in [3.63, 3.8) is 0 Å². The molecule has 0 aliphatic carbocycles. The number of hydrogen-bond acceptors (Lipinski definition) is 4. The summed E-state index contributed by atoms with van der Waals surface area (Å²) in [5, 5.41) is 0. The van der Waals surface area contributed by atoms with Gasteiger partial charge in [0, 0.05) is 18.8 Å². The van der Waals surface area contributed by atoms with E-state index in [-0.39, 0.29) is 5.91 Å². The monoisotopic (exact) mass is 339 g/mol. The summed E-state index contributed by atoms with van der Waals surface area (Å²) in [7, 11) is 0. The molecule has 2 aromatic carbocycles. The summed E-state index contributed by atoms with van der Waals surface area (Å²) in [6.45, 7) is 3.55. The number of anilines is 1. The number of amides is 1. The lowest BCUT2D eigenvalue weighted by Crippen LogP contribution is -2.36. The summed E-state index contributed by atoms with van der Waals surface area (Å²) in [5.41, 5.74) is 7.01. The highest BCUT2D eigenvalue weighted by molar-refractivity contribution is 5.77. The molecule has 5 heteroatoms. The first-order valence-electron chi connectivity index (χ1n) is 8.73. The van der Waals surface area contributed by atoms with E-state index in [9.17, 15) is 4.79 Å². The quantitative estimate of drug-likeness (QED) is 0.479. The Morgan fingerprint density at radius 3 is 2.00 bits per heavy atom. The zero-order chi connectivity index (χ0) is 17.5. The molecular weight excluding hydrogens is 314 g/mol. The average Bonchev–Trinajstić information content (AvgIpc) is 2.68. The lowest BCUT2D eigenvalue weighted by molar-refractivity contribution is -0.120. The van der Waals surface area contributed by atoms with Gasteiger partial charge in [-0.15, -0.1) is 0 Å². The molecule has 25 heavy (non-hydrogen) atoms. The molecule has 5 nitrogen and oxygen atoms in total. The maximum atomic E-state index is 11.3. The van der Waals surface area contributed by atoms with Crippen LogP contribution in [0.3, 0.4) is 0 Å². The van der Waals surface area contributed by atoms with Crippen molar-refractivity contribution < 1.29 is 9.53 Å². The SMILES string of the molecule is NNC(=O)Cc1ccc(CCc2ccc(N3CCOCC3)cc2)cc1. The van der Waals surface area contributed by atoms with E-state index in [2.05, 4.69) is 46.7 Å². The Hall–Kier alpha value is -2.37. The second-order valence-electron chi connectivity index (χ2n) is 6.33. The number of nitrogens with zero attached hydrogens (tertiary/aromatic N) is 1. The molecule has 1 fully saturated rings. The number of ether oxygens (including phenoxy) is 1. The summed E-state index contributed by atoms with van der Waals surface area (Å²) in [5.74, 6) is 4.94. The maximum Gasteiger partial charge on any atom is 0.238 e. The first kappa shape index (κ1) is 17.5. The van der Waals surface area contributed by atoms with Gasteiger partial charge in [-0.05, 0) is 41.7 Å². The molecule has 3 N–H and O–H groups in total. The third-order valence-electron chi connectivity index (χ3n) is 4.56. The van der Waals surface area contributed by atoms with Gasteiger partial charge in [0.15, 0.2) is 0 Å². The number of morpholine rings is 1. The number of rotatable bonds is 6. The number of nitrogens with one attached hydrogen (secondary N) is 1. The molecule has 0 saturated carbocycles. The Morgan fingerprint density at radius 1 is 0.920 bits per heavy atom. The summed E-state index contributed by atoms with van der Waals surface area (Å²) in [4.78, 5) is 13.6. The molecule has 1 aliphatic rings. The van der Waals surface area contributed by atoms with Crippen molar-refractivity contribution in [2.75, 3.05) is 31.2 Å². The zero-order valence-corrected chi connectivity index (χ0v) is 14.4. The summed E-state index contributed by atoms with van der Waals surface area (Å²) in [6.07, 6.45) is 2.31. The van der Waals surface area contributed by atoms with Crippen LogP contribution in [0.5, 0.6) is 0 Å². The van der Waals surface area contributed by atoms with Gasteiger partial charge in [-0.2, -0.15) is 0 Å². The third kappa shape index (κ3) is 5.05. The van der Waals surface area contributed by atoms with Crippen LogP contribution in [-0.2, 0) is 28.8 Å². The van der Waals surface area contributed by atoms with Crippen molar-refractivity contribution in [3.8, 4) is 0 Å². The van der Waals surface area contributed by atoms with Crippen LogP contribution >= 0.6 is 0 Å². The fourth-order valence-corrected chi connectivity index (χ4v) is 3.04. The molecule has 1 saturated heterocycles. The molecule has 1 heterocycles. The Morgan fingerprint density at radius 2 is 1.44 bits per heavy atom. The first-order chi connectivity index (χ1) is 12.2. The topological polar surface area (TPSA) is 67.6 Å². The molecular formula is C20H25N3O2.